The van der Waals surface area contributed by atoms with Crippen molar-refractivity contribution in [2.45, 2.75) is 26.3 Å². The zero-order chi connectivity index (χ0) is 15.2. The van der Waals surface area contributed by atoms with E-state index in [0.717, 1.165) is 26.2 Å². The third-order valence-electron chi connectivity index (χ3n) is 3.89. The highest BCUT2D eigenvalue weighted by molar-refractivity contribution is 5.73. The van der Waals surface area contributed by atoms with Gasteiger partial charge in [-0.1, -0.05) is 26.0 Å². The summed E-state index contributed by atoms with van der Waals surface area (Å²) in [6.07, 6.45) is 0. The molecule has 21 heavy (non-hydrogen) atoms. The molecule has 0 bridgehead atoms. The van der Waals surface area contributed by atoms with Crippen LogP contribution in [0.15, 0.2) is 18.2 Å². The van der Waals surface area contributed by atoms with Crippen LogP contribution in [-0.4, -0.2) is 39.3 Å². The van der Waals surface area contributed by atoms with Crippen LogP contribution in [0, 0.1) is 0 Å². The van der Waals surface area contributed by atoms with E-state index in [0.29, 0.717) is 12.5 Å². The molecule has 0 aliphatic carbocycles. The maximum absolute atomic E-state index is 11.4. The van der Waals surface area contributed by atoms with Crippen LogP contribution < -0.4 is 20.9 Å². The standard InChI is InChI=1S/C16H26N4O/c1-12(2)13-4-5-15(20-8-6-18-7-9-20)14(10-13)11-19-16(21)17-3/h4-5,10,12,18H,6-9,11H2,1-3H3,(H2,17,19,21). The summed E-state index contributed by atoms with van der Waals surface area (Å²) in [5.74, 6) is 0.487. The zero-order valence-corrected chi connectivity index (χ0v) is 13.2. The van der Waals surface area contributed by atoms with Crippen LogP contribution in [0.2, 0.25) is 0 Å². The zero-order valence-electron chi connectivity index (χ0n) is 13.2. The average Bonchev–Trinajstić information content (AvgIpc) is 2.53. The topological polar surface area (TPSA) is 56.4 Å². The van der Waals surface area contributed by atoms with E-state index in [1.54, 1.807) is 7.05 Å². The molecule has 1 aliphatic rings. The van der Waals surface area contributed by atoms with Crippen LogP contribution in [0.1, 0.15) is 30.9 Å². The van der Waals surface area contributed by atoms with Gasteiger partial charge in [-0.05, 0) is 23.1 Å². The van der Waals surface area contributed by atoms with Gasteiger partial charge in [-0.25, -0.2) is 4.79 Å². The molecule has 1 aromatic carbocycles. The second-order valence-corrected chi connectivity index (χ2v) is 5.71. The minimum absolute atomic E-state index is 0.142. The second-order valence-electron chi connectivity index (χ2n) is 5.71. The molecule has 0 saturated carbocycles. The highest BCUT2D eigenvalue weighted by Gasteiger charge is 2.15. The van der Waals surface area contributed by atoms with Crippen LogP contribution in [0.25, 0.3) is 0 Å². The first-order chi connectivity index (χ1) is 10.1. The fraction of sp³-hybridized carbons (Fsp3) is 0.562. The van der Waals surface area contributed by atoms with E-state index in [1.165, 1.54) is 16.8 Å². The van der Waals surface area contributed by atoms with Gasteiger partial charge in [-0.3, -0.25) is 0 Å². The molecule has 5 heteroatoms. The number of rotatable bonds is 4. The Kier molecular flexibility index (Phi) is 5.44. The van der Waals surface area contributed by atoms with Gasteiger partial charge in [0.25, 0.3) is 0 Å². The first-order valence-corrected chi connectivity index (χ1v) is 7.66. The monoisotopic (exact) mass is 290 g/mol. The Hall–Kier alpha value is -1.75. The first kappa shape index (κ1) is 15.6. The largest absolute Gasteiger partial charge is 0.369 e. The summed E-state index contributed by atoms with van der Waals surface area (Å²) in [5, 5.41) is 8.87. The molecule has 5 nitrogen and oxygen atoms in total. The molecule has 1 aliphatic heterocycles. The minimum Gasteiger partial charge on any atom is -0.369 e. The average molecular weight is 290 g/mol. The van der Waals surface area contributed by atoms with Crippen molar-refractivity contribution in [3.63, 3.8) is 0 Å². The molecule has 1 heterocycles. The van der Waals surface area contributed by atoms with Gasteiger partial charge in [-0.15, -0.1) is 0 Å². The Morgan fingerprint density at radius 2 is 2.05 bits per heavy atom. The fourth-order valence-corrected chi connectivity index (χ4v) is 2.58. The summed E-state index contributed by atoms with van der Waals surface area (Å²) in [6, 6.07) is 6.47. The molecule has 0 atom stereocenters. The molecule has 1 fully saturated rings. The Bertz CT molecular complexity index is 481. The quantitative estimate of drug-likeness (QED) is 0.790. The number of nitrogens with one attached hydrogen (secondary N) is 3. The van der Waals surface area contributed by atoms with Crippen molar-refractivity contribution in [3.8, 4) is 0 Å². The lowest BCUT2D eigenvalue weighted by atomic mass is 9.99. The van der Waals surface area contributed by atoms with Crippen molar-refractivity contribution in [1.82, 2.24) is 16.0 Å². The molecule has 116 valence electrons. The number of piperazine rings is 1. The predicted octanol–water partition coefficient (Wildman–Crippen LogP) is 1.65. The molecule has 3 N–H and O–H groups in total. The number of carbonyl (C=O) groups is 1. The summed E-state index contributed by atoms with van der Waals surface area (Å²) in [5.41, 5.74) is 3.73. The molecule has 1 aromatic rings. The van der Waals surface area contributed by atoms with Crippen LogP contribution in [0.5, 0.6) is 0 Å². The highest BCUT2D eigenvalue weighted by Crippen LogP contribution is 2.26. The lowest BCUT2D eigenvalue weighted by molar-refractivity contribution is 0.242. The number of nitrogens with zero attached hydrogens (tertiary/aromatic N) is 1. The van der Waals surface area contributed by atoms with E-state index in [9.17, 15) is 4.79 Å². The Morgan fingerprint density at radius 3 is 2.67 bits per heavy atom. The molecule has 1 saturated heterocycles. The van der Waals surface area contributed by atoms with Gasteiger partial charge >= 0.3 is 6.03 Å². The van der Waals surface area contributed by atoms with Crippen molar-refractivity contribution in [2.75, 3.05) is 38.1 Å². The number of benzene rings is 1. The number of hydrogen-bond donors (Lipinski definition) is 3. The van der Waals surface area contributed by atoms with Crippen molar-refractivity contribution in [2.24, 2.45) is 0 Å². The van der Waals surface area contributed by atoms with Gasteiger partial charge in [0.05, 0.1) is 0 Å². The van der Waals surface area contributed by atoms with Crippen molar-refractivity contribution < 1.29 is 4.79 Å². The predicted molar refractivity (Wildman–Crippen MR) is 86.9 cm³/mol. The molecule has 2 rings (SSSR count). The number of hydrogen-bond acceptors (Lipinski definition) is 3. The minimum atomic E-state index is -0.142. The lowest BCUT2D eigenvalue weighted by Crippen LogP contribution is -2.44. The van der Waals surface area contributed by atoms with Crippen LogP contribution in [-0.2, 0) is 6.54 Å². The van der Waals surface area contributed by atoms with Gasteiger partial charge in [0.1, 0.15) is 0 Å². The van der Waals surface area contributed by atoms with Gasteiger partial charge in [0.2, 0.25) is 0 Å². The Balaban J connectivity index is 2.22. The van der Waals surface area contributed by atoms with Crippen molar-refractivity contribution in [1.29, 1.82) is 0 Å². The van der Waals surface area contributed by atoms with Crippen molar-refractivity contribution >= 4 is 11.7 Å². The molecule has 2 amide bonds. The van der Waals surface area contributed by atoms with Gasteiger partial charge in [0.15, 0.2) is 0 Å². The van der Waals surface area contributed by atoms with E-state index in [1.807, 2.05) is 0 Å². The molecule has 0 unspecified atom stereocenters. The van der Waals surface area contributed by atoms with Gasteiger partial charge in [-0.2, -0.15) is 0 Å². The maximum Gasteiger partial charge on any atom is 0.314 e. The summed E-state index contributed by atoms with van der Waals surface area (Å²) in [4.78, 5) is 13.8. The Labute approximate surface area is 127 Å². The van der Waals surface area contributed by atoms with Crippen LogP contribution >= 0.6 is 0 Å². The van der Waals surface area contributed by atoms with Gasteiger partial charge < -0.3 is 20.9 Å². The first-order valence-electron chi connectivity index (χ1n) is 7.66. The SMILES string of the molecule is CNC(=O)NCc1cc(C(C)C)ccc1N1CCNCC1. The molecular weight excluding hydrogens is 264 g/mol. The Morgan fingerprint density at radius 1 is 1.33 bits per heavy atom. The second kappa shape index (κ2) is 7.31. The number of amides is 2. The molecular formula is C16H26N4O. The van der Waals surface area contributed by atoms with Crippen molar-refractivity contribution in [3.05, 3.63) is 29.3 Å². The molecule has 0 spiro atoms. The summed E-state index contributed by atoms with van der Waals surface area (Å²) < 4.78 is 0. The van der Waals surface area contributed by atoms with E-state index in [4.69, 9.17) is 0 Å². The van der Waals surface area contributed by atoms with E-state index < -0.39 is 0 Å². The summed E-state index contributed by atoms with van der Waals surface area (Å²) >= 11 is 0. The highest BCUT2D eigenvalue weighted by atomic mass is 16.2. The number of urea groups is 1. The van der Waals surface area contributed by atoms with E-state index in [2.05, 4.69) is 52.9 Å². The van der Waals surface area contributed by atoms with Crippen LogP contribution in [0.4, 0.5) is 10.5 Å². The van der Waals surface area contributed by atoms with E-state index in [-0.39, 0.29) is 6.03 Å². The molecule has 0 aromatic heterocycles. The van der Waals surface area contributed by atoms with E-state index >= 15 is 0 Å². The summed E-state index contributed by atoms with van der Waals surface area (Å²) in [6.45, 7) is 8.97. The number of anilines is 1. The third-order valence-corrected chi connectivity index (χ3v) is 3.89. The molecule has 0 radical (unpaired) electrons. The maximum atomic E-state index is 11.4. The van der Waals surface area contributed by atoms with Gasteiger partial charge in [0, 0.05) is 45.5 Å². The fourth-order valence-electron chi connectivity index (χ4n) is 2.58. The van der Waals surface area contributed by atoms with Crippen LogP contribution in [0.3, 0.4) is 0 Å². The summed E-state index contributed by atoms with van der Waals surface area (Å²) in [7, 11) is 1.64. The normalized spacial score (nSPS) is 15.1. The number of carbonyl (C=O) groups excluding carboxylic acids is 1. The third kappa shape index (κ3) is 4.11. The smallest absolute Gasteiger partial charge is 0.314 e. The lowest BCUT2D eigenvalue weighted by Gasteiger charge is -2.31.